The Morgan fingerprint density at radius 3 is 2.50 bits per heavy atom. The fourth-order valence-electron chi connectivity index (χ4n) is 4.98. The third-order valence-electron chi connectivity index (χ3n) is 6.60. The molecule has 2 aromatic carbocycles. The Hall–Kier alpha value is -3.42. The Morgan fingerprint density at radius 2 is 1.84 bits per heavy atom. The van der Waals surface area contributed by atoms with Gasteiger partial charge >= 0.3 is 12.1 Å². The molecule has 2 amide bonds. The number of carbonyl (C=O) groups is 3. The van der Waals surface area contributed by atoms with E-state index in [1.165, 1.54) is 18.2 Å². The highest BCUT2D eigenvalue weighted by atomic mass is 19.1. The van der Waals surface area contributed by atoms with Crippen LogP contribution in [0.3, 0.4) is 0 Å². The molecule has 0 bridgehead atoms. The summed E-state index contributed by atoms with van der Waals surface area (Å²) in [6.07, 6.45) is 2.64. The monoisotopic (exact) mass is 438 g/mol. The summed E-state index contributed by atoms with van der Waals surface area (Å²) in [5.74, 6) is -1.94. The molecule has 3 aliphatic rings. The molecule has 7 nitrogen and oxygen atoms in total. The van der Waals surface area contributed by atoms with Crippen molar-refractivity contribution in [2.45, 2.75) is 43.8 Å². The van der Waals surface area contributed by atoms with Crippen molar-refractivity contribution >= 4 is 23.7 Å². The van der Waals surface area contributed by atoms with Gasteiger partial charge in [-0.15, -0.1) is 0 Å². The normalized spacial score (nSPS) is 23.4. The first kappa shape index (κ1) is 20.5. The zero-order chi connectivity index (χ0) is 22.4. The second-order valence-corrected chi connectivity index (χ2v) is 8.58. The van der Waals surface area contributed by atoms with Gasteiger partial charge in [0, 0.05) is 29.3 Å². The first-order valence-corrected chi connectivity index (χ1v) is 10.8. The number of carbonyl (C=O) groups excluding carboxylic acids is 2. The minimum atomic E-state index is -1.20. The summed E-state index contributed by atoms with van der Waals surface area (Å²) in [4.78, 5) is 40.7. The van der Waals surface area contributed by atoms with Crippen LogP contribution >= 0.6 is 0 Å². The van der Waals surface area contributed by atoms with Gasteiger partial charge in [-0.3, -0.25) is 9.69 Å². The van der Waals surface area contributed by atoms with Crippen LogP contribution < -0.4 is 4.90 Å². The summed E-state index contributed by atoms with van der Waals surface area (Å²) in [7, 11) is 0. The number of carboxylic acids is 1. The maximum Gasteiger partial charge on any atom is 0.411 e. The van der Waals surface area contributed by atoms with Crippen molar-refractivity contribution < 1.29 is 28.6 Å². The van der Waals surface area contributed by atoms with Crippen molar-refractivity contribution in [1.82, 2.24) is 4.90 Å². The minimum absolute atomic E-state index is 0.000359. The molecule has 0 unspecified atom stereocenters. The third-order valence-corrected chi connectivity index (χ3v) is 6.60. The number of para-hydroxylation sites is 1. The van der Waals surface area contributed by atoms with E-state index in [0.717, 1.165) is 31.2 Å². The van der Waals surface area contributed by atoms with Crippen LogP contribution in [0.4, 0.5) is 14.9 Å². The molecule has 0 spiro atoms. The smallest absolute Gasteiger partial charge is 0.411 e. The zero-order valence-corrected chi connectivity index (χ0v) is 17.3. The standard InChI is InChI=1S/C24H23FN2O5/c25-15-5-3-4-14(12-15)23(30)27-19-7-2-1-6-17(19)22(18-10-11-20(18)27)26(16-8-9-16)24(31)32-13-21(28)29/h1-7,12,16,18,20,22H,8-11,13H2,(H,28,29)/t18-,20+,22-/m0/s1. The predicted molar refractivity (Wildman–Crippen MR) is 113 cm³/mol. The van der Waals surface area contributed by atoms with Gasteiger partial charge in [0.15, 0.2) is 6.61 Å². The van der Waals surface area contributed by atoms with E-state index in [-0.39, 0.29) is 35.5 Å². The summed E-state index contributed by atoms with van der Waals surface area (Å²) in [5.41, 5.74) is 1.81. The first-order chi connectivity index (χ1) is 15.5. The Balaban J connectivity index is 1.53. The second-order valence-electron chi connectivity index (χ2n) is 8.58. The van der Waals surface area contributed by atoms with E-state index in [0.29, 0.717) is 5.69 Å². The number of hydrogen-bond acceptors (Lipinski definition) is 4. The molecule has 3 atom stereocenters. The number of rotatable bonds is 5. The first-order valence-electron chi connectivity index (χ1n) is 10.8. The number of nitrogens with zero attached hydrogens (tertiary/aromatic N) is 2. The maximum absolute atomic E-state index is 13.8. The van der Waals surface area contributed by atoms with Crippen LogP contribution in [0.2, 0.25) is 0 Å². The summed E-state index contributed by atoms with van der Waals surface area (Å²) >= 11 is 0. The molecule has 0 aromatic heterocycles. The van der Waals surface area contributed by atoms with Crippen LogP contribution in [-0.4, -0.2) is 46.7 Å². The highest BCUT2D eigenvalue weighted by Crippen LogP contribution is 2.54. The molecule has 2 aliphatic carbocycles. The molecule has 166 valence electrons. The van der Waals surface area contributed by atoms with Gasteiger partial charge in [-0.2, -0.15) is 0 Å². The van der Waals surface area contributed by atoms with Gasteiger partial charge in [0.05, 0.1) is 6.04 Å². The molecular weight excluding hydrogens is 415 g/mol. The molecule has 1 heterocycles. The van der Waals surface area contributed by atoms with Crippen LogP contribution in [-0.2, 0) is 9.53 Å². The highest BCUT2D eigenvalue weighted by Gasteiger charge is 2.54. The average molecular weight is 438 g/mol. The van der Waals surface area contributed by atoms with Gasteiger partial charge in [0.25, 0.3) is 5.91 Å². The van der Waals surface area contributed by atoms with Gasteiger partial charge in [-0.1, -0.05) is 24.3 Å². The number of anilines is 1. The summed E-state index contributed by atoms with van der Waals surface area (Å²) in [6.45, 7) is -0.686. The van der Waals surface area contributed by atoms with Gasteiger partial charge in [0.2, 0.25) is 0 Å². The van der Waals surface area contributed by atoms with Gasteiger partial charge in [-0.05, 0) is 55.5 Å². The Labute approximate surface area is 184 Å². The lowest BCUT2D eigenvalue weighted by Crippen LogP contribution is -2.59. The maximum atomic E-state index is 13.8. The predicted octanol–water partition coefficient (Wildman–Crippen LogP) is 3.99. The van der Waals surface area contributed by atoms with Crippen LogP contribution in [0.25, 0.3) is 0 Å². The summed E-state index contributed by atoms with van der Waals surface area (Å²) < 4.78 is 18.9. The van der Waals surface area contributed by atoms with Crippen molar-refractivity contribution in [2.24, 2.45) is 5.92 Å². The van der Waals surface area contributed by atoms with Crippen LogP contribution in [0.5, 0.6) is 0 Å². The number of aliphatic carboxylic acids is 1. The van der Waals surface area contributed by atoms with Crippen molar-refractivity contribution in [3.05, 3.63) is 65.5 Å². The molecule has 1 aliphatic heterocycles. The topological polar surface area (TPSA) is 87.2 Å². The van der Waals surface area contributed by atoms with E-state index < -0.39 is 24.5 Å². The van der Waals surface area contributed by atoms with E-state index in [9.17, 15) is 18.8 Å². The number of halogens is 1. The van der Waals surface area contributed by atoms with Crippen molar-refractivity contribution in [3.63, 3.8) is 0 Å². The van der Waals surface area contributed by atoms with Crippen molar-refractivity contribution in [1.29, 1.82) is 0 Å². The number of fused-ring (bicyclic) bond motifs is 2. The van der Waals surface area contributed by atoms with Gasteiger partial charge < -0.3 is 14.7 Å². The van der Waals surface area contributed by atoms with Gasteiger partial charge in [0.1, 0.15) is 5.82 Å². The van der Waals surface area contributed by atoms with Crippen LogP contribution in [0, 0.1) is 11.7 Å². The fourth-order valence-corrected chi connectivity index (χ4v) is 4.98. The van der Waals surface area contributed by atoms with E-state index in [1.54, 1.807) is 15.9 Å². The molecule has 5 rings (SSSR count). The zero-order valence-electron chi connectivity index (χ0n) is 17.3. The molecular formula is C24H23FN2O5. The lowest BCUT2D eigenvalue weighted by atomic mass is 9.68. The molecule has 0 radical (unpaired) electrons. The SMILES string of the molecule is O=C(O)COC(=O)N(C1CC1)[C@H]1c2ccccc2N(C(=O)c2cccc(F)c2)[C@@H]2CC[C@@H]21. The fraction of sp³-hybridized carbons (Fsp3) is 0.375. The summed E-state index contributed by atoms with van der Waals surface area (Å²) in [6, 6.07) is 12.7. The Morgan fingerprint density at radius 1 is 1.06 bits per heavy atom. The van der Waals surface area contributed by atoms with Crippen molar-refractivity contribution in [3.8, 4) is 0 Å². The Bertz CT molecular complexity index is 1090. The largest absolute Gasteiger partial charge is 0.479 e. The molecule has 1 N–H and O–H groups in total. The number of hydrogen-bond donors (Lipinski definition) is 1. The molecule has 0 saturated heterocycles. The second kappa shape index (κ2) is 7.93. The lowest BCUT2D eigenvalue weighted by Gasteiger charge is -2.55. The average Bonchev–Trinajstić information content (AvgIpc) is 3.58. The Kier molecular flexibility index (Phi) is 5.07. The van der Waals surface area contributed by atoms with E-state index >= 15 is 0 Å². The van der Waals surface area contributed by atoms with Crippen LogP contribution in [0.15, 0.2) is 48.5 Å². The number of ether oxygens (including phenoxy) is 1. The van der Waals surface area contributed by atoms with E-state index in [4.69, 9.17) is 9.84 Å². The van der Waals surface area contributed by atoms with E-state index in [2.05, 4.69) is 0 Å². The quantitative estimate of drug-likeness (QED) is 0.763. The number of amides is 2. The van der Waals surface area contributed by atoms with Gasteiger partial charge in [-0.25, -0.2) is 14.0 Å². The summed E-state index contributed by atoms with van der Waals surface area (Å²) in [5, 5.41) is 8.93. The molecule has 2 saturated carbocycles. The highest BCUT2D eigenvalue weighted by molar-refractivity contribution is 6.07. The molecule has 32 heavy (non-hydrogen) atoms. The van der Waals surface area contributed by atoms with Crippen LogP contribution in [0.1, 0.15) is 47.6 Å². The molecule has 8 heteroatoms. The lowest BCUT2D eigenvalue weighted by molar-refractivity contribution is -0.140. The van der Waals surface area contributed by atoms with Crippen molar-refractivity contribution in [2.75, 3.05) is 11.5 Å². The number of benzene rings is 2. The van der Waals surface area contributed by atoms with E-state index in [1.807, 2.05) is 24.3 Å². The molecule has 2 fully saturated rings. The third kappa shape index (κ3) is 3.49. The molecule has 2 aromatic rings. The number of carboxylic acid groups (broad SMARTS) is 1. The minimum Gasteiger partial charge on any atom is -0.479 e.